The summed E-state index contributed by atoms with van der Waals surface area (Å²) in [6.07, 6.45) is 6.90. The van der Waals surface area contributed by atoms with E-state index in [0.717, 1.165) is 28.4 Å². The second kappa shape index (κ2) is 9.56. The summed E-state index contributed by atoms with van der Waals surface area (Å²) >= 11 is 0. The summed E-state index contributed by atoms with van der Waals surface area (Å²) in [7, 11) is 0. The van der Waals surface area contributed by atoms with E-state index in [9.17, 15) is 14.4 Å². The van der Waals surface area contributed by atoms with Gasteiger partial charge in [0.2, 0.25) is 0 Å². The summed E-state index contributed by atoms with van der Waals surface area (Å²) < 4.78 is 16.1. The number of amides is 1. The number of H-pyrrole nitrogens is 1. The first-order chi connectivity index (χ1) is 17.5. The molecule has 1 aliphatic heterocycles. The molecule has 0 radical (unpaired) electrons. The van der Waals surface area contributed by atoms with Gasteiger partial charge in [-0.25, -0.2) is 14.4 Å². The number of carbonyl (C=O) groups is 1. The van der Waals surface area contributed by atoms with Crippen LogP contribution in [0.5, 0.6) is 0 Å². The van der Waals surface area contributed by atoms with Crippen molar-refractivity contribution in [1.29, 1.82) is 10.5 Å². The van der Waals surface area contributed by atoms with Crippen LogP contribution in [0.15, 0.2) is 49.2 Å². The highest BCUT2D eigenvalue weighted by Crippen LogP contribution is 2.26. The topological polar surface area (TPSA) is 131 Å². The van der Waals surface area contributed by atoms with E-state index >= 15 is 0 Å². The molecule has 4 heterocycles. The van der Waals surface area contributed by atoms with Crippen LogP contribution >= 0.6 is 0 Å². The summed E-state index contributed by atoms with van der Waals surface area (Å²) in [5.41, 5.74) is 2.43. The Labute approximate surface area is 206 Å². The number of hydrogen-bond donors (Lipinski definition) is 1. The van der Waals surface area contributed by atoms with E-state index in [0.29, 0.717) is 26.2 Å². The van der Waals surface area contributed by atoms with Crippen molar-refractivity contribution in [3.05, 3.63) is 66.1 Å². The lowest BCUT2D eigenvalue weighted by atomic mass is 10.1. The Bertz CT molecular complexity index is 1500. The van der Waals surface area contributed by atoms with Crippen LogP contribution in [0.1, 0.15) is 28.9 Å². The third kappa shape index (κ3) is 4.17. The van der Waals surface area contributed by atoms with E-state index in [1.54, 1.807) is 15.8 Å². The highest BCUT2D eigenvalue weighted by Gasteiger charge is 2.31. The molecule has 0 spiro atoms. The SMILES string of the molecule is CC(C(C#N)N1CCN(C(=O)c2ccc(C#N)cc2F)CC1)n1cc(-c2ncnc3[nH]ccc23)cn1. The molecule has 1 N–H and O–H groups in total. The Hall–Kier alpha value is -4.61. The lowest BCUT2D eigenvalue weighted by Crippen LogP contribution is -2.53. The Morgan fingerprint density at radius 1 is 1.17 bits per heavy atom. The lowest BCUT2D eigenvalue weighted by Gasteiger charge is -2.38. The summed E-state index contributed by atoms with van der Waals surface area (Å²) in [4.78, 5) is 28.1. The Balaban J connectivity index is 1.27. The molecule has 1 saturated heterocycles. The first-order valence-corrected chi connectivity index (χ1v) is 11.5. The minimum atomic E-state index is -0.708. The van der Waals surface area contributed by atoms with Crippen LogP contribution in [0.2, 0.25) is 0 Å². The van der Waals surface area contributed by atoms with E-state index in [1.165, 1.54) is 18.5 Å². The monoisotopic (exact) mass is 483 g/mol. The summed E-state index contributed by atoms with van der Waals surface area (Å²) in [5.74, 6) is -1.13. The van der Waals surface area contributed by atoms with E-state index in [4.69, 9.17) is 5.26 Å². The van der Waals surface area contributed by atoms with Gasteiger partial charge in [0.15, 0.2) is 0 Å². The van der Waals surface area contributed by atoms with Gasteiger partial charge in [-0.3, -0.25) is 14.4 Å². The Morgan fingerprint density at radius 2 is 1.97 bits per heavy atom. The molecule has 3 aromatic heterocycles. The zero-order valence-electron chi connectivity index (χ0n) is 19.5. The quantitative estimate of drug-likeness (QED) is 0.462. The van der Waals surface area contributed by atoms with E-state index in [-0.39, 0.29) is 17.2 Å². The molecule has 180 valence electrons. The van der Waals surface area contributed by atoms with Crippen LogP contribution < -0.4 is 0 Å². The van der Waals surface area contributed by atoms with Crippen molar-refractivity contribution >= 4 is 16.9 Å². The number of nitrogens with one attached hydrogen (secondary N) is 1. The van der Waals surface area contributed by atoms with Crippen molar-refractivity contribution in [3.63, 3.8) is 0 Å². The van der Waals surface area contributed by atoms with Gasteiger partial charge < -0.3 is 9.88 Å². The molecular weight excluding hydrogens is 461 g/mol. The summed E-state index contributed by atoms with van der Waals surface area (Å²) in [5, 5.41) is 24.3. The zero-order valence-corrected chi connectivity index (χ0v) is 19.5. The normalized spacial score (nSPS) is 15.8. The van der Waals surface area contributed by atoms with Crippen molar-refractivity contribution < 1.29 is 9.18 Å². The van der Waals surface area contributed by atoms with Crippen LogP contribution in [0.4, 0.5) is 4.39 Å². The second-order valence-electron chi connectivity index (χ2n) is 8.62. The number of hydrogen-bond acceptors (Lipinski definition) is 7. The van der Waals surface area contributed by atoms with Gasteiger partial charge in [-0.15, -0.1) is 0 Å². The summed E-state index contributed by atoms with van der Waals surface area (Å²) in [6, 6.07) is 9.27. The van der Waals surface area contributed by atoms with Gasteiger partial charge in [-0.1, -0.05) is 0 Å². The first-order valence-electron chi connectivity index (χ1n) is 11.5. The second-order valence-corrected chi connectivity index (χ2v) is 8.62. The molecule has 0 aliphatic carbocycles. The molecule has 11 heteroatoms. The molecule has 1 amide bonds. The number of benzene rings is 1. The average Bonchev–Trinajstić information content (AvgIpc) is 3.59. The Morgan fingerprint density at radius 3 is 2.69 bits per heavy atom. The molecule has 2 atom stereocenters. The van der Waals surface area contributed by atoms with Crippen LogP contribution in [-0.4, -0.2) is 72.7 Å². The van der Waals surface area contributed by atoms with Gasteiger partial charge >= 0.3 is 0 Å². The van der Waals surface area contributed by atoms with Crippen molar-refractivity contribution in [2.45, 2.75) is 19.0 Å². The molecule has 2 unspecified atom stereocenters. The molecule has 0 saturated carbocycles. The predicted octanol–water partition coefficient (Wildman–Crippen LogP) is 2.74. The number of carbonyl (C=O) groups excluding carboxylic acids is 1. The zero-order chi connectivity index (χ0) is 25.2. The fourth-order valence-electron chi connectivity index (χ4n) is 4.56. The molecule has 36 heavy (non-hydrogen) atoms. The number of nitriles is 2. The standard InChI is InChI=1S/C25H22FN9O/c1-16(35-14-18(13-32-35)23-20-4-5-29-24(20)31-15-30-23)22(12-28)33-6-8-34(9-7-33)25(36)19-3-2-17(11-27)10-21(19)26/h2-5,10,13-16,22H,6-9H2,1H3,(H,29,30,31). The van der Waals surface area contributed by atoms with Gasteiger partial charge in [0, 0.05) is 49.5 Å². The highest BCUT2D eigenvalue weighted by molar-refractivity contribution is 5.94. The number of fused-ring (bicyclic) bond motifs is 1. The van der Waals surface area contributed by atoms with Gasteiger partial charge in [-0.05, 0) is 31.2 Å². The maximum atomic E-state index is 14.3. The molecule has 0 bridgehead atoms. The number of aromatic amines is 1. The third-order valence-corrected chi connectivity index (χ3v) is 6.56. The molecule has 1 aliphatic rings. The smallest absolute Gasteiger partial charge is 0.256 e. The van der Waals surface area contributed by atoms with E-state index in [2.05, 4.69) is 26.1 Å². The lowest BCUT2D eigenvalue weighted by molar-refractivity contribution is 0.0565. The van der Waals surface area contributed by atoms with Gasteiger partial charge in [0.25, 0.3) is 5.91 Å². The van der Waals surface area contributed by atoms with Crippen molar-refractivity contribution in [2.75, 3.05) is 26.2 Å². The van der Waals surface area contributed by atoms with E-state index < -0.39 is 17.8 Å². The van der Waals surface area contributed by atoms with Gasteiger partial charge in [0.1, 0.15) is 23.8 Å². The number of rotatable bonds is 5. The van der Waals surface area contributed by atoms with Crippen molar-refractivity contribution in [1.82, 2.24) is 34.5 Å². The molecule has 5 rings (SSSR count). The molecule has 4 aromatic rings. The molecule has 10 nitrogen and oxygen atoms in total. The van der Waals surface area contributed by atoms with Gasteiger partial charge in [0.05, 0.1) is 41.2 Å². The number of halogens is 1. The van der Waals surface area contributed by atoms with Crippen LogP contribution in [0.3, 0.4) is 0 Å². The maximum Gasteiger partial charge on any atom is 0.256 e. The largest absolute Gasteiger partial charge is 0.346 e. The number of aromatic nitrogens is 5. The minimum Gasteiger partial charge on any atom is -0.346 e. The third-order valence-electron chi connectivity index (χ3n) is 6.56. The van der Waals surface area contributed by atoms with Gasteiger partial charge in [-0.2, -0.15) is 15.6 Å². The van der Waals surface area contributed by atoms with Crippen LogP contribution in [-0.2, 0) is 0 Å². The van der Waals surface area contributed by atoms with E-state index in [1.807, 2.05) is 36.4 Å². The predicted molar refractivity (Wildman–Crippen MR) is 128 cm³/mol. The summed E-state index contributed by atoms with van der Waals surface area (Å²) in [6.45, 7) is 3.59. The van der Waals surface area contributed by atoms with Crippen LogP contribution in [0.25, 0.3) is 22.3 Å². The molecule has 1 aromatic carbocycles. The van der Waals surface area contributed by atoms with Crippen molar-refractivity contribution in [2.24, 2.45) is 0 Å². The maximum absolute atomic E-state index is 14.3. The fourth-order valence-corrected chi connectivity index (χ4v) is 4.56. The van der Waals surface area contributed by atoms with Crippen molar-refractivity contribution in [3.8, 4) is 23.4 Å². The van der Waals surface area contributed by atoms with Crippen LogP contribution in [0, 0.1) is 28.5 Å². The average molecular weight is 484 g/mol. The molecule has 1 fully saturated rings. The number of nitrogens with zero attached hydrogens (tertiary/aromatic N) is 8. The number of piperazine rings is 1. The first kappa shape index (κ1) is 23.1. The Kier molecular flexibility index (Phi) is 6.15. The highest BCUT2D eigenvalue weighted by atomic mass is 19.1. The minimum absolute atomic E-state index is 0.0574. The molecular formula is C25H22FN9O. The fraction of sp³-hybridized carbons (Fsp3) is 0.280.